The Hall–Kier alpha value is -2.04. The fraction of sp³-hybridized carbons (Fsp3) is 0.438. The van der Waals surface area contributed by atoms with E-state index in [-0.39, 0.29) is 5.82 Å². The van der Waals surface area contributed by atoms with Gasteiger partial charge in [-0.2, -0.15) is 0 Å². The molecule has 1 aromatic carbocycles. The number of halogens is 1. The van der Waals surface area contributed by atoms with Gasteiger partial charge in [0.25, 0.3) is 0 Å². The van der Waals surface area contributed by atoms with Crippen LogP contribution in [0.5, 0.6) is 0 Å². The molecule has 5 heteroatoms. The number of carbonyl (C=O) groups excluding carboxylic acids is 1. The molecule has 4 nitrogen and oxygen atoms in total. The van der Waals surface area contributed by atoms with Crippen molar-refractivity contribution in [1.82, 2.24) is 9.88 Å². The molecule has 2 rings (SSSR count). The summed E-state index contributed by atoms with van der Waals surface area (Å²) in [5.41, 5.74) is 0.916. The van der Waals surface area contributed by atoms with Crippen LogP contribution in [0.1, 0.15) is 26.3 Å². The van der Waals surface area contributed by atoms with Gasteiger partial charge in [0.2, 0.25) is 0 Å². The molecule has 1 N–H and O–H groups in total. The first-order valence-electron chi connectivity index (χ1n) is 6.96. The minimum Gasteiger partial charge on any atom is -0.444 e. The van der Waals surface area contributed by atoms with Crippen LogP contribution in [0.4, 0.5) is 9.18 Å². The molecule has 1 aromatic heterocycles. The van der Waals surface area contributed by atoms with E-state index < -0.39 is 11.7 Å². The van der Waals surface area contributed by atoms with E-state index >= 15 is 0 Å². The summed E-state index contributed by atoms with van der Waals surface area (Å²) in [5, 5.41) is 3.63. The largest absolute Gasteiger partial charge is 0.444 e. The third-order valence-electron chi connectivity index (χ3n) is 3.12. The van der Waals surface area contributed by atoms with E-state index in [4.69, 9.17) is 4.74 Å². The highest BCUT2D eigenvalue weighted by Crippen LogP contribution is 2.20. The molecule has 0 aliphatic carbocycles. The minimum atomic E-state index is -0.529. The molecule has 0 bridgehead atoms. The van der Waals surface area contributed by atoms with Crippen LogP contribution in [0.15, 0.2) is 24.4 Å². The van der Waals surface area contributed by atoms with Crippen LogP contribution in [0.25, 0.3) is 10.9 Å². The number of benzene rings is 1. The Morgan fingerprint density at radius 1 is 1.38 bits per heavy atom. The quantitative estimate of drug-likeness (QED) is 0.942. The zero-order valence-electron chi connectivity index (χ0n) is 12.9. The number of aryl methyl sites for hydroxylation is 1. The van der Waals surface area contributed by atoms with Crippen LogP contribution in [-0.4, -0.2) is 22.8 Å². The molecular formula is C16H21FN2O2. The van der Waals surface area contributed by atoms with Crippen molar-refractivity contribution >= 4 is 17.0 Å². The summed E-state index contributed by atoms with van der Waals surface area (Å²) in [6.07, 6.45) is 1.84. The van der Waals surface area contributed by atoms with Gasteiger partial charge < -0.3 is 14.6 Å². The molecule has 0 radical (unpaired) electrons. The number of hydrogen-bond acceptors (Lipinski definition) is 2. The number of aromatic nitrogens is 1. The SMILES string of the molecule is Cn1ccc2cc(CCNC(=O)OC(C)(C)C)c(F)cc21. The third kappa shape index (κ3) is 3.97. The van der Waals surface area contributed by atoms with Crippen LogP contribution in [0, 0.1) is 5.82 Å². The summed E-state index contributed by atoms with van der Waals surface area (Å²) in [7, 11) is 1.88. The van der Waals surface area contributed by atoms with Crippen molar-refractivity contribution in [3.8, 4) is 0 Å². The van der Waals surface area contributed by atoms with Gasteiger partial charge in [0.1, 0.15) is 11.4 Å². The summed E-state index contributed by atoms with van der Waals surface area (Å²) in [4.78, 5) is 11.5. The summed E-state index contributed by atoms with van der Waals surface area (Å²) >= 11 is 0. The number of nitrogens with one attached hydrogen (secondary N) is 1. The lowest BCUT2D eigenvalue weighted by Crippen LogP contribution is -2.33. The van der Waals surface area contributed by atoms with Gasteiger partial charge in [0, 0.05) is 25.2 Å². The second-order valence-electron chi connectivity index (χ2n) is 6.11. The Kier molecular flexibility index (Phi) is 4.21. The van der Waals surface area contributed by atoms with Gasteiger partial charge in [-0.25, -0.2) is 9.18 Å². The molecule has 0 atom stereocenters. The van der Waals surface area contributed by atoms with Crippen molar-refractivity contribution < 1.29 is 13.9 Å². The molecule has 21 heavy (non-hydrogen) atoms. The van der Waals surface area contributed by atoms with E-state index in [0.29, 0.717) is 18.5 Å². The number of rotatable bonds is 3. The molecule has 2 aromatic rings. The van der Waals surface area contributed by atoms with Gasteiger partial charge >= 0.3 is 6.09 Å². The Morgan fingerprint density at radius 3 is 2.76 bits per heavy atom. The van der Waals surface area contributed by atoms with E-state index in [0.717, 1.165) is 10.9 Å². The number of ether oxygens (including phenoxy) is 1. The molecule has 0 unspecified atom stereocenters. The lowest BCUT2D eigenvalue weighted by molar-refractivity contribution is 0.0528. The van der Waals surface area contributed by atoms with Gasteiger partial charge in [-0.05, 0) is 51.0 Å². The molecular weight excluding hydrogens is 271 g/mol. The highest BCUT2D eigenvalue weighted by Gasteiger charge is 2.15. The van der Waals surface area contributed by atoms with Crippen LogP contribution in [-0.2, 0) is 18.2 Å². The third-order valence-corrected chi connectivity index (χ3v) is 3.12. The molecule has 114 valence electrons. The first-order valence-corrected chi connectivity index (χ1v) is 6.96. The number of fused-ring (bicyclic) bond motifs is 1. The molecule has 0 saturated heterocycles. The predicted molar refractivity (Wildman–Crippen MR) is 80.8 cm³/mol. The van der Waals surface area contributed by atoms with E-state index in [1.54, 1.807) is 20.8 Å². The second-order valence-corrected chi connectivity index (χ2v) is 6.11. The lowest BCUT2D eigenvalue weighted by Gasteiger charge is -2.19. The van der Waals surface area contributed by atoms with Crippen molar-refractivity contribution in [2.24, 2.45) is 7.05 Å². The molecule has 0 saturated carbocycles. The van der Waals surface area contributed by atoms with Gasteiger partial charge in [-0.3, -0.25) is 0 Å². The Morgan fingerprint density at radius 2 is 2.10 bits per heavy atom. The number of hydrogen-bond donors (Lipinski definition) is 1. The number of alkyl carbamates (subject to hydrolysis) is 1. The Balaban J connectivity index is 1.97. The maximum Gasteiger partial charge on any atom is 0.407 e. The summed E-state index contributed by atoms with van der Waals surface area (Å²) in [5.74, 6) is -0.254. The van der Waals surface area contributed by atoms with Crippen LogP contribution >= 0.6 is 0 Å². The molecule has 0 aliphatic rings. The summed E-state index contributed by atoms with van der Waals surface area (Å²) in [6, 6.07) is 5.29. The topological polar surface area (TPSA) is 43.3 Å². The van der Waals surface area contributed by atoms with Crippen molar-refractivity contribution in [2.45, 2.75) is 32.8 Å². The van der Waals surface area contributed by atoms with Gasteiger partial charge in [-0.1, -0.05) is 0 Å². The number of nitrogens with zero attached hydrogens (tertiary/aromatic N) is 1. The normalized spacial score (nSPS) is 11.7. The smallest absolute Gasteiger partial charge is 0.407 e. The van der Waals surface area contributed by atoms with Crippen LogP contribution in [0.2, 0.25) is 0 Å². The van der Waals surface area contributed by atoms with E-state index in [9.17, 15) is 9.18 Å². The van der Waals surface area contributed by atoms with Gasteiger partial charge in [0.15, 0.2) is 0 Å². The van der Waals surface area contributed by atoms with Crippen molar-refractivity contribution in [1.29, 1.82) is 0 Å². The highest BCUT2D eigenvalue weighted by atomic mass is 19.1. The second kappa shape index (κ2) is 5.76. The number of amides is 1. The highest BCUT2D eigenvalue weighted by molar-refractivity contribution is 5.81. The van der Waals surface area contributed by atoms with Crippen LogP contribution in [0.3, 0.4) is 0 Å². The molecule has 1 amide bonds. The van der Waals surface area contributed by atoms with E-state index in [2.05, 4.69) is 5.32 Å². The standard InChI is InChI=1S/C16H21FN2O2/c1-16(2,3)21-15(20)18-7-5-11-9-12-6-8-19(4)14(12)10-13(11)17/h6,8-10H,5,7H2,1-4H3,(H,18,20). The Labute approximate surface area is 123 Å². The fourth-order valence-electron chi connectivity index (χ4n) is 2.14. The fourth-order valence-corrected chi connectivity index (χ4v) is 2.14. The predicted octanol–water partition coefficient (Wildman–Crippen LogP) is 3.38. The van der Waals surface area contributed by atoms with E-state index in [1.165, 1.54) is 6.07 Å². The van der Waals surface area contributed by atoms with Crippen LogP contribution < -0.4 is 5.32 Å². The van der Waals surface area contributed by atoms with Gasteiger partial charge in [0.05, 0.1) is 5.52 Å². The van der Waals surface area contributed by atoms with Crippen molar-refractivity contribution in [3.05, 3.63) is 35.8 Å². The monoisotopic (exact) mass is 292 g/mol. The lowest BCUT2D eigenvalue weighted by atomic mass is 10.1. The summed E-state index contributed by atoms with van der Waals surface area (Å²) in [6.45, 7) is 5.74. The zero-order chi connectivity index (χ0) is 15.6. The minimum absolute atomic E-state index is 0.254. The average Bonchev–Trinajstić information content (AvgIpc) is 2.69. The maximum atomic E-state index is 14.0. The summed E-state index contributed by atoms with van der Waals surface area (Å²) < 4.78 is 21.0. The molecule has 1 heterocycles. The molecule has 0 fully saturated rings. The van der Waals surface area contributed by atoms with Gasteiger partial charge in [-0.15, -0.1) is 0 Å². The molecule has 0 aliphatic heterocycles. The first-order chi connectivity index (χ1) is 9.76. The maximum absolute atomic E-state index is 14.0. The zero-order valence-corrected chi connectivity index (χ0v) is 12.9. The average molecular weight is 292 g/mol. The van der Waals surface area contributed by atoms with Crippen molar-refractivity contribution in [2.75, 3.05) is 6.54 Å². The van der Waals surface area contributed by atoms with Crippen molar-refractivity contribution in [3.63, 3.8) is 0 Å². The first kappa shape index (κ1) is 15.4. The Bertz CT molecular complexity index is 656. The van der Waals surface area contributed by atoms with E-state index in [1.807, 2.05) is 29.9 Å². The molecule has 0 spiro atoms. The number of carbonyl (C=O) groups is 1.